The number of aryl methyl sites for hydroxylation is 1. The SMILES string of the molecule is CCOc1cc(C)ccc1CNC(=NC)NCc1cccc(N(C)C)n1. The molecule has 140 valence electrons. The molecule has 1 heterocycles. The summed E-state index contributed by atoms with van der Waals surface area (Å²) in [7, 11) is 5.73. The predicted molar refractivity (Wildman–Crippen MR) is 108 cm³/mol. The number of benzene rings is 1. The molecule has 0 amide bonds. The Morgan fingerprint density at radius 2 is 1.92 bits per heavy atom. The van der Waals surface area contributed by atoms with E-state index in [1.807, 2.05) is 44.1 Å². The number of ether oxygens (including phenoxy) is 1. The average Bonchev–Trinajstić information content (AvgIpc) is 2.63. The maximum absolute atomic E-state index is 5.73. The summed E-state index contributed by atoms with van der Waals surface area (Å²) in [5.74, 6) is 2.58. The molecule has 0 aliphatic heterocycles. The fraction of sp³-hybridized carbons (Fsp3) is 0.400. The van der Waals surface area contributed by atoms with Crippen molar-refractivity contribution in [2.24, 2.45) is 4.99 Å². The highest BCUT2D eigenvalue weighted by Gasteiger charge is 2.06. The Labute approximate surface area is 156 Å². The van der Waals surface area contributed by atoms with E-state index in [4.69, 9.17) is 4.74 Å². The second-order valence-electron chi connectivity index (χ2n) is 6.21. The van der Waals surface area contributed by atoms with Gasteiger partial charge in [-0.1, -0.05) is 18.2 Å². The fourth-order valence-corrected chi connectivity index (χ4v) is 2.49. The first-order valence-corrected chi connectivity index (χ1v) is 8.83. The number of hydrogen-bond donors (Lipinski definition) is 2. The second kappa shape index (κ2) is 9.65. The monoisotopic (exact) mass is 355 g/mol. The van der Waals surface area contributed by atoms with Gasteiger partial charge >= 0.3 is 0 Å². The smallest absolute Gasteiger partial charge is 0.191 e. The topological polar surface area (TPSA) is 61.8 Å². The van der Waals surface area contributed by atoms with E-state index in [2.05, 4.69) is 45.7 Å². The summed E-state index contributed by atoms with van der Waals surface area (Å²) in [5, 5.41) is 6.63. The van der Waals surface area contributed by atoms with Gasteiger partial charge in [0, 0.05) is 33.3 Å². The third-order valence-electron chi connectivity index (χ3n) is 3.88. The van der Waals surface area contributed by atoms with Gasteiger partial charge in [-0.2, -0.15) is 0 Å². The molecule has 0 saturated heterocycles. The quantitative estimate of drug-likeness (QED) is 0.591. The predicted octanol–water partition coefficient (Wildman–Crippen LogP) is 2.72. The van der Waals surface area contributed by atoms with Crippen LogP contribution in [0.4, 0.5) is 5.82 Å². The number of aromatic nitrogens is 1. The van der Waals surface area contributed by atoms with Gasteiger partial charge in [0.1, 0.15) is 11.6 Å². The number of nitrogens with one attached hydrogen (secondary N) is 2. The first-order valence-electron chi connectivity index (χ1n) is 8.83. The van der Waals surface area contributed by atoms with Crippen LogP contribution in [0.1, 0.15) is 23.7 Å². The fourth-order valence-electron chi connectivity index (χ4n) is 2.49. The zero-order chi connectivity index (χ0) is 18.9. The largest absolute Gasteiger partial charge is 0.494 e. The third kappa shape index (κ3) is 5.65. The molecule has 0 radical (unpaired) electrons. The molecule has 0 spiro atoms. The lowest BCUT2D eigenvalue weighted by Gasteiger charge is -2.16. The van der Waals surface area contributed by atoms with Crippen molar-refractivity contribution in [2.45, 2.75) is 26.9 Å². The lowest BCUT2D eigenvalue weighted by molar-refractivity contribution is 0.336. The Morgan fingerprint density at radius 3 is 2.62 bits per heavy atom. The molecule has 6 nitrogen and oxygen atoms in total. The molecule has 1 aromatic carbocycles. The van der Waals surface area contributed by atoms with E-state index in [1.165, 1.54) is 5.56 Å². The van der Waals surface area contributed by atoms with Crippen LogP contribution in [0.2, 0.25) is 0 Å². The summed E-state index contributed by atoms with van der Waals surface area (Å²) in [4.78, 5) is 10.9. The Morgan fingerprint density at radius 1 is 1.15 bits per heavy atom. The highest BCUT2D eigenvalue weighted by molar-refractivity contribution is 5.79. The highest BCUT2D eigenvalue weighted by Crippen LogP contribution is 2.20. The Kier molecular flexibility index (Phi) is 7.26. The first-order chi connectivity index (χ1) is 12.5. The van der Waals surface area contributed by atoms with Gasteiger partial charge in [0.25, 0.3) is 0 Å². The van der Waals surface area contributed by atoms with E-state index < -0.39 is 0 Å². The minimum Gasteiger partial charge on any atom is -0.494 e. The van der Waals surface area contributed by atoms with Crippen LogP contribution < -0.4 is 20.3 Å². The molecular weight excluding hydrogens is 326 g/mol. The summed E-state index contributed by atoms with van der Waals surface area (Å²) in [5.41, 5.74) is 3.25. The third-order valence-corrected chi connectivity index (χ3v) is 3.88. The molecule has 2 aromatic rings. The van der Waals surface area contributed by atoms with Gasteiger partial charge in [0.05, 0.1) is 18.8 Å². The van der Waals surface area contributed by atoms with Gasteiger partial charge in [0.15, 0.2) is 5.96 Å². The van der Waals surface area contributed by atoms with Gasteiger partial charge in [-0.3, -0.25) is 4.99 Å². The molecule has 1 aromatic heterocycles. The minimum absolute atomic E-state index is 0.605. The summed E-state index contributed by atoms with van der Waals surface area (Å²) in [6.45, 7) is 5.95. The number of pyridine rings is 1. The zero-order valence-corrected chi connectivity index (χ0v) is 16.3. The van der Waals surface area contributed by atoms with Crippen LogP contribution in [-0.2, 0) is 13.1 Å². The van der Waals surface area contributed by atoms with Crippen LogP contribution >= 0.6 is 0 Å². The number of rotatable bonds is 7. The number of aliphatic imine (C=N–C) groups is 1. The van der Waals surface area contributed by atoms with Crippen LogP contribution in [-0.4, -0.2) is 38.7 Å². The van der Waals surface area contributed by atoms with Crippen molar-refractivity contribution >= 4 is 11.8 Å². The summed E-state index contributed by atoms with van der Waals surface area (Å²) < 4.78 is 5.73. The number of guanidine groups is 1. The molecule has 0 aliphatic carbocycles. The van der Waals surface area contributed by atoms with Crippen LogP contribution in [0.15, 0.2) is 41.4 Å². The summed E-state index contributed by atoms with van der Waals surface area (Å²) in [6, 6.07) is 12.2. The molecule has 0 atom stereocenters. The number of nitrogens with zero attached hydrogens (tertiary/aromatic N) is 3. The normalized spacial score (nSPS) is 11.2. The van der Waals surface area contributed by atoms with Gasteiger partial charge in [0.2, 0.25) is 0 Å². The maximum Gasteiger partial charge on any atom is 0.191 e. The van der Waals surface area contributed by atoms with E-state index in [0.29, 0.717) is 19.7 Å². The van der Waals surface area contributed by atoms with E-state index in [1.54, 1.807) is 7.05 Å². The van der Waals surface area contributed by atoms with Gasteiger partial charge in [-0.15, -0.1) is 0 Å². The van der Waals surface area contributed by atoms with Crippen molar-refractivity contribution in [1.29, 1.82) is 0 Å². The Hall–Kier alpha value is -2.76. The van der Waals surface area contributed by atoms with Crippen LogP contribution in [0.25, 0.3) is 0 Å². The van der Waals surface area contributed by atoms with Crippen LogP contribution in [0.5, 0.6) is 5.75 Å². The van der Waals surface area contributed by atoms with Crippen molar-refractivity contribution in [3.8, 4) is 5.75 Å². The minimum atomic E-state index is 0.605. The van der Waals surface area contributed by atoms with Gasteiger partial charge < -0.3 is 20.3 Å². The van der Waals surface area contributed by atoms with Crippen molar-refractivity contribution in [3.05, 3.63) is 53.2 Å². The van der Waals surface area contributed by atoms with Crippen molar-refractivity contribution in [3.63, 3.8) is 0 Å². The number of anilines is 1. The highest BCUT2D eigenvalue weighted by atomic mass is 16.5. The van der Waals surface area contributed by atoms with E-state index in [0.717, 1.165) is 28.8 Å². The lowest BCUT2D eigenvalue weighted by Crippen LogP contribution is -2.36. The van der Waals surface area contributed by atoms with Crippen LogP contribution in [0, 0.1) is 6.92 Å². The van der Waals surface area contributed by atoms with E-state index in [-0.39, 0.29) is 0 Å². The Bertz CT molecular complexity index is 743. The number of hydrogen-bond acceptors (Lipinski definition) is 4. The first kappa shape index (κ1) is 19.6. The Balaban J connectivity index is 1.95. The molecule has 0 aliphatic rings. The molecule has 26 heavy (non-hydrogen) atoms. The van der Waals surface area contributed by atoms with E-state index >= 15 is 0 Å². The van der Waals surface area contributed by atoms with Crippen molar-refractivity contribution in [2.75, 3.05) is 32.6 Å². The molecule has 0 unspecified atom stereocenters. The molecule has 2 rings (SSSR count). The molecular formula is C20H29N5O. The molecule has 2 N–H and O–H groups in total. The summed E-state index contributed by atoms with van der Waals surface area (Å²) >= 11 is 0. The molecule has 0 saturated carbocycles. The van der Waals surface area contributed by atoms with Crippen LogP contribution in [0.3, 0.4) is 0 Å². The van der Waals surface area contributed by atoms with Gasteiger partial charge in [-0.05, 0) is 37.6 Å². The lowest BCUT2D eigenvalue weighted by atomic mass is 10.1. The van der Waals surface area contributed by atoms with Crippen molar-refractivity contribution < 1.29 is 4.74 Å². The maximum atomic E-state index is 5.73. The average molecular weight is 355 g/mol. The van der Waals surface area contributed by atoms with E-state index in [9.17, 15) is 0 Å². The van der Waals surface area contributed by atoms with Gasteiger partial charge in [-0.25, -0.2) is 4.98 Å². The standard InChI is InChI=1S/C20H29N5O/c1-6-26-18-12-15(2)10-11-16(18)13-22-20(21-3)23-14-17-8-7-9-19(24-17)25(4)5/h7-12H,6,13-14H2,1-5H3,(H2,21,22,23). The summed E-state index contributed by atoms with van der Waals surface area (Å²) in [6.07, 6.45) is 0. The van der Waals surface area contributed by atoms with Crippen molar-refractivity contribution in [1.82, 2.24) is 15.6 Å². The molecule has 0 bridgehead atoms. The molecule has 6 heteroatoms. The molecule has 0 fully saturated rings. The second-order valence-corrected chi connectivity index (χ2v) is 6.21. The zero-order valence-electron chi connectivity index (χ0n) is 16.3.